The molecule has 3 aromatic carbocycles. The molecule has 0 spiro atoms. The number of esters is 1. The first-order valence-corrected chi connectivity index (χ1v) is 15.0. The maximum atomic E-state index is 12.7. The highest BCUT2D eigenvalue weighted by Gasteiger charge is 2.32. The van der Waals surface area contributed by atoms with Crippen molar-refractivity contribution in [2.75, 3.05) is 13.2 Å². The summed E-state index contributed by atoms with van der Waals surface area (Å²) in [5, 5.41) is 32.8. The second kappa shape index (κ2) is 15.7. The fraction of sp³-hybridized carbons (Fsp3) is 0.200. The number of nitro benzene ring substituents is 2. The van der Waals surface area contributed by atoms with Crippen LogP contribution in [0, 0.1) is 20.2 Å². The minimum Gasteiger partial charge on any atom is -0.483 e. The van der Waals surface area contributed by atoms with Crippen LogP contribution >= 0.6 is 28.1 Å². The van der Waals surface area contributed by atoms with Gasteiger partial charge >= 0.3 is 11.7 Å². The Labute approximate surface area is 281 Å². The second-order valence-electron chi connectivity index (χ2n) is 9.73. The molecular formula is C30H27BrN6O9S. The van der Waals surface area contributed by atoms with E-state index in [-0.39, 0.29) is 40.4 Å². The normalized spacial score (nSPS) is 14.2. The molecule has 1 aliphatic heterocycles. The maximum Gasteiger partial charge on any atom is 0.338 e. The Balaban J connectivity index is 1.41. The number of carbonyl (C=O) groups excluding carboxylic acids is 2. The van der Waals surface area contributed by atoms with Crippen LogP contribution in [0.25, 0.3) is 0 Å². The van der Waals surface area contributed by atoms with Crippen molar-refractivity contribution in [1.82, 2.24) is 16.1 Å². The van der Waals surface area contributed by atoms with Crippen molar-refractivity contribution in [3.8, 4) is 11.5 Å². The number of benzene rings is 3. The average molecular weight is 728 g/mol. The number of hydrazone groups is 1. The highest BCUT2D eigenvalue weighted by atomic mass is 79.9. The number of carbonyl (C=O) groups is 2. The summed E-state index contributed by atoms with van der Waals surface area (Å²) in [6.45, 7) is 3.06. The monoisotopic (exact) mass is 726 g/mol. The number of nitro groups is 2. The van der Waals surface area contributed by atoms with Gasteiger partial charge in [-0.15, -0.1) is 0 Å². The first-order chi connectivity index (χ1) is 22.5. The van der Waals surface area contributed by atoms with Crippen LogP contribution in [0.1, 0.15) is 36.6 Å². The molecule has 1 atom stereocenters. The van der Waals surface area contributed by atoms with E-state index >= 15 is 0 Å². The van der Waals surface area contributed by atoms with Crippen LogP contribution in [0.3, 0.4) is 0 Å². The lowest BCUT2D eigenvalue weighted by Crippen LogP contribution is -2.45. The predicted molar refractivity (Wildman–Crippen MR) is 177 cm³/mol. The molecule has 47 heavy (non-hydrogen) atoms. The van der Waals surface area contributed by atoms with Gasteiger partial charge in [-0.3, -0.25) is 25.0 Å². The Morgan fingerprint density at radius 1 is 1.09 bits per heavy atom. The highest BCUT2D eigenvalue weighted by molar-refractivity contribution is 9.10. The summed E-state index contributed by atoms with van der Waals surface area (Å²) in [6.07, 6.45) is 1.21. The SMILES string of the molecule is CCOC(=O)C1=C(C)NC(=S)N[C@@H]1c1ccccc1OCC(=O)NN=Cc1cc(Br)c(OCc2ccc([N+](=O)[O-])cc2)c([N+](=O)[O-])c1. The Morgan fingerprint density at radius 2 is 1.81 bits per heavy atom. The molecule has 0 radical (unpaired) electrons. The number of ether oxygens (including phenoxy) is 3. The van der Waals surface area contributed by atoms with Gasteiger partial charge in [-0.05, 0) is 71.8 Å². The molecule has 1 amide bonds. The van der Waals surface area contributed by atoms with E-state index in [1.807, 2.05) is 0 Å². The minimum atomic E-state index is -0.699. The van der Waals surface area contributed by atoms with Gasteiger partial charge in [0.2, 0.25) is 5.75 Å². The quantitative estimate of drug-likeness (QED) is 0.0721. The van der Waals surface area contributed by atoms with Crippen molar-refractivity contribution >= 4 is 62.7 Å². The van der Waals surface area contributed by atoms with E-state index in [1.54, 1.807) is 38.1 Å². The molecule has 0 unspecified atom stereocenters. The van der Waals surface area contributed by atoms with E-state index in [0.29, 0.717) is 33.3 Å². The van der Waals surface area contributed by atoms with Crippen LogP contribution in [0.5, 0.6) is 11.5 Å². The average Bonchev–Trinajstić information content (AvgIpc) is 3.03. The standard InChI is InChI=1S/C30H27BrN6O9S/c1-3-44-29(39)26-17(2)33-30(47)34-27(26)21-6-4-5-7-24(21)45-16-25(38)35-32-14-19-12-22(31)28(23(13-19)37(42)43)46-15-18-8-10-20(11-9-18)36(40)41/h4-14,27H,3,15-16H2,1-2H3,(H,35,38)(H2,33,34,47)/t27-/m1/s1. The first-order valence-electron chi connectivity index (χ1n) is 13.8. The van der Waals surface area contributed by atoms with Gasteiger partial charge in [0.1, 0.15) is 12.4 Å². The van der Waals surface area contributed by atoms with Gasteiger partial charge in [-0.2, -0.15) is 5.10 Å². The van der Waals surface area contributed by atoms with E-state index in [1.165, 1.54) is 42.6 Å². The van der Waals surface area contributed by atoms with Crippen molar-refractivity contribution in [1.29, 1.82) is 0 Å². The fourth-order valence-electron chi connectivity index (χ4n) is 4.43. The molecule has 1 aliphatic rings. The highest BCUT2D eigenvalue weighted by Crippen LogP contribution is 2.37. The number of hydrogen-bond acceptors (Lipinski definition) is 11. The van der Waals surface area contributed by atoms with Gasteiger partial charge < -0.3 is 24.8 Å². The summed E-state index contributed by atoms with van der Waals surface area (Å²) < 4.78 is 16.9. The molecule has 4 rings (SSSR count). The molecule has 244 valence electrons. The van der Waals surface area contributed by atoms with Gasteiger partial charge in [0.15, 0.2) is 11.7 Å². The number of hydrogen-bond donors (Lipinski definition) is 3. The third kappa shape index (κ3) is 8.86. The van der Waals surface area contributed by atoms with Gasteiger partial charge in [0, 0.05) is 35.0 Å². The number of thiocarbonyl (C=S) groups is 1. The van der Waals surface area contributed by atoms with Crippen LogP contribution in [-0.4, -0.2) is 46.3 Å². The van der Waals surface area contributed by atoms with E-state index < -0.39 is 34.4 Å². The molecule has 0 bridgehead atoms. The number of halogens is 1. The van der Waals surface area contributed by atoms with Crippen LogP contribution in [0.2, 0.25) is 0 Å². The Bertz CT molecular complexity index is 1780. The Morgan fingerprint density at radius 3 is 2.49 bits per heavy atom. The zero-order chi connectivity index (χ0) is 34.1. The van der Waals surface area contributed by atoms with E-state index in [2.05, 4.69) is 37.1 Å². The summed E-state index contributed by atoms with van der Waals surface area (Å²) in [5.74, 6) is -0.900. The lowest BCUT2D eigenvalue weighted by atomic mass is 9.95. The number of para-hydroxylation sites is 1. The zero-order valence-corrected chi connectivity index (χ0v) is 27.3. The van der Waals surface area contributed by atoms with E-state index in [4.69, 9.17) is 26.4 Å². The molecule has 3 N–H and O–H groups in total. The summed E-state index contributed by atoms with van der Waals surface area (Å²) in [6, 6.07) is 14.4. The summed E-state index contributed by atoms with van der Waals surface area (Å²) >= 11 is 8.56. The first kappa shape index (κ1) is 34.5. The van der Waals surface area contributed by atoms with Crippen molar-refractivity contribution in [3.63, 3.8) is 0 Å². The van der Waals surface area contributed by atoms with Crippen LogP contribution in [-0.2, 0) is 20.9 Å². The fourth-order valence-corrected chi connectivity index (χ4v) is 5.29. The molecule has 0 saturated heterocycles. The molecule has 15 nitrogen and oxygen atoms in total. The summed E-state index contributed by atoms with van der Waals surface area (Å²) in [4.78, 5) is 46.8. The van der Waals surface area contributed by atoms with Crippen LogP contribution in [0.4, 0.5) is 11.4 Å². The van der Waals surface area contributed by atoms with Crippen LogP contribution < -0.4 is 25.5 Å². The zero-order valence-electron chi connectivity index (χ0n) is 24.9. The number of rotatable bonds is 13. The van der Waals surface area contributed by atoms with Crippen molar-refractivity contribution < 1.29 is 33.6 Å². The largest absolute Gasteiger partial charge is 0.483 e. The Kier molecular flexibility index (Phi) is 11.5. The molecular weight excluding hydrogens is 700 g/mol. The molecule has 0 saturated carbocycles. The van der Waals surface area contributed by atoms with Gasteiger partial charge in [0.05, 0.1) is 38.8 Å². The van der Waals surface area contributed by atoms with Gasteiger partial charge in [-0.1, -0.05) is 18.2 Å². The number of nitrogens with one attached hydrogen (secondary N) is 3. The molecule has 0 fully saturated rings. The van der Waals surface area contributed by atoms with Crippen molar-refractivity contribution in [3.05, 3.63) is 113 Å². The third-order valence-corrected chi connectivity index (χ3v) is 7.34. The minimum absolute atomic E-state index is 0.0539. The van der Waals surface area contributed by atoms with Gasteiger partial charge in [0.25, 0.3) is 11.6 Å². The number of nitrogens with zero attached hydrogens (tertiary/aromatic N) is 3. The van der Waals surface area contributed by atoms with Crippen LogP contribution in [0.15, 0.2) is 81.5 Å². The van der Waals surface area contributed by atoms with Crippen molar-refractivity contribution in [2.45, 2.75) is 26.5 Å². The smallest absolute Gasteiger partial charge is 0.338 e. The summed E-state index contributed by atoms with van der Waals surface area (Å²) in [5.41, 5.74) is 4.07. The maximum absolute atomic E-state index is 12.7. The predicted octanol–water partition coefficient (Wildman–Crippen LogP) is 4.73. The molecule has 0 aliphatic carbocycles. The number of amides is 1. The lowest BCUT2D eigenvalue weighted by molar-refractivity contribution is -0.386. The molecule has 3 aromatic rings. The lowest BCUT2D eigenvalue weighted by Gasteiger charge is -2.30. The number of allylic oxidation sites excluding steroid dienone is 1. The summed E-state index contributed by atoms with van der Waals surface area (Å²) in [7, 11) is 0. The second-order valence-corrected chi connectivity index (χ2v) is 11.0. The van der Waals surface area contributed by atoms with E-state index in [9.17, 15) is 29.8 Å². The molecule has 0 aromatic heterocycles. The third-order valence-electron chi connectivity index (χ3n) is 6.53. The van der Waals surface area contributed by atoms with Gasteiger partial charge in [-0.25, -0.2) is 10.2 Å². The Hall–Kier alpha value is -5.42. The van der Waals surface area contributed by atoms with Crippen molar-refractivity contribution in [2.24, 2.45) is 5.10 Å². The molecule has 1 heterocycles. The molecule has 17 heteroatoms. The number of non-ortho nitro benzene ring substituents is 1. The van der Waals surface area contributed by atoms with E-state index in [0.717, 1.165) is 0 Å². The topological polar surface area (TPSA) is 197 Å².